The third kappa shape index (κ3) is 3.04. The summed E-state index contributed by atoms with van der Waals surface area (Å²) >= 11 is 0. The summed E-state index contributed by atoms with van der Waals surface area (Å²) in [5.74, 6) is 0. The maximum absolute atomic E-state index is 13.0. The smallest absolute Gasteiger partial charge is 0.224 e. The van der Waals surface area contributed by atoms with Gasteiger partial charge in [-0.2, -0.15) is 13.2 Å². The fourth-order valence-corrected chi connectivity index (χ4v) is 2.96. The Balaban J connectivity index is 3.79. The molecule has 18 heavy (non-hydrogen) atoms. The lowest BCUT2D eigenvalue weighted by atomic mass is 9.83. The van der Waals surface area contributed by atoms with Gasteiger partial charge in [0.15, 0.2) is 9.84 Å². The molecule has 0 atom stereocenters. The summed E-state index contributed by atoms with van der Waals surface area (Å²) < 4.78 is 62.1. The van der Waals surface area contributed by atoms with E-state index < -0.39 is 27.0 Å². The second-order valence-electron chi connectivity index (χ2n) is 5.20. The molecule has 1 aromatic carbocycles. The average molecular weight is 280 g/mol. The topological polar surface area (TPSA) is 34.1 Å². The van der Waals surface area contributed by atoms with Gasteiger partial charge >= 0.3 is 6.18 Å². The van der Waals surface area contributed by atoms with Gasteiger partial charge in [-0.1, -0.05) is 26.8 Å². The van der Waals surface area contributed by atoms with Gasteiger partial charge in [0.2, 0.25) is 0 Å². The Labute approximate surface area is 105 Å². The highest BCUT2D eigenvalue weighted by atomic mass is 32.2. The molecule has 0 heterocycles. The molecule has 0 bridgehead atoms. The van der Waals surface area contributed by atoms with Gasteiger partial charge in [-0.25, -0.2) is 8.42 Å². The first kappa shape index (κ1) is 15.0. The van der Waals surface area contributed by atoms with Crippen molar-refractivity contribution >= 4 is 9.84 Å². The lowest BCUT2D eigenvalue weighted by Crippen LogP contribution is -2.23. The molecular formula is C12H15F3O2S. The molecule has 0 spiro atoms. The number of hydrogen-bond donors (Lipinski definition) is 0. The van der Waals surface area contributed by atoms with E-state index >= 15 is 0 Å². The molecule has 0 aromatic heterocycles. The van der Waals surface area contributed by atoms with Gasteiger partial charge in [-0.15, -0.1) is 0 Å². The fraction of sp³-hybridized carbons (Fsp3) is 0.500. The molecule has 2 nitrogen and oxygen atoms in total. The van der Waals surface area contributed by atoms with Crippen LogP contribution in [0.1, 0.15) is 31.9 Å². The first-order valence-electron chi connectivity index (χ1n) is 5.26. The highest BCUT2D eigenvalue weighted by Gasteiger charge is 2.38. The second-order valence-corrected chi connectivity index (χ2v) is 7.18. The third-order valence-corrected chi connectivity index (χ3v) is 3.62. The molecule has 0 amide bonds. The third-order valence-electron chi connectivity index (χ3n) is 2.48. The summed E-state index contributed by atoms with van der Waals surface area (Å²) in [5.41, 5.74) is -1.98. The van der Waals surface area contributed by atoms with Gasteiger partial charge in [-0.3, -0.25) is 0 Å². The normalized spacial score (nSPS) is 13.7. The first-order valence-corrected chi connectivity index (χ1v) is 7.15. The SMILES string of the molecule is CC(C)(C)c1c(C(F)(F)F)cccc1S(C)(=O)=O. The highest BCUT2D eigenvalue weighted by Crippen LogP contribution is 2.40. The minimum absolute atomic E-state index is 0.181. The van der Waals surface area contributed by atoms with E-state index in [1.54, 1.807) is 20.8 Å². The van der Waals surface area contributed by atoms with E-state index in [1.807, 2.05) is 0 Å². The van der Waals surface area contributed by atoms with E-state index in [2.05, 4.69) is 0 Å². The van der Waals surface area contributed by atoms with Crippen LogP contribution in [0.4, 0.5) is 13.2 Å². The molecule has 0 fully saturated rings. The number of benzene rings is 1. The molecular weight excluding hydrogens is 265 g/mol. The predicted octanol–water partition coefficient (Wildman–Crippen LogP) is 3.41. The van der Waals surface area contributed by atoms with Crippen molar-refractivity contribution in [2.45, 2.75) is 37.3 Å². The first-order chi connectivity index (χ1) is 7.85. The number of rotatable bonds is 1. The van der Waals surface area contributed by atoms with Crippen molar-refractivity contribution in [1.29, 1.82) is 0 Å². The molecule has 6 heteroatoms. The van der Waals surface area contributed by atoms with Crippen LogP contribution in [0, 0.1) is 0 Å². The summed E-state index contributed by atoms with van der Waals surface area (Å²) in [6.07, 6.45) is -3.65. The van der Waals surface area contributed by atoms with Crippen molar-refractivity contribution < 1.29 is 21.6 Å². The maximum Gasteiger partial charge on any atom is 0.416 e. The Bertz CT molecular complexity index is 552. The van der Waals surface area contributed by atoms with Crippen molar-refractivity contribution in [3.63, 3.8) is 0 Å². The summed E-state index contributed by atoms with van der Waals surface area (Å²) in [6.45, 7) is 4.69. The number of halogens is 3. The van der Waals surface area contributed by atoms with Crippen LogP contribution in [0.3, 0.4) is 0 Å². The monoisotopic (exact) mass is 280 g/mol. The van der Waals surface area contributed by atoms with Crippen molar-refractivity contribution in [2.75, 3.05) is 6.26 Å². The van der Waals surface area contributed by atoms with Crippen LogP contribution in [0.2, 0.25) is 0 Å². The van der Waals surface area contributed by atoms with Crippen LogP contribution in [0.15, 0.2) is 23.1 Å². The minimum Gasteiger partial charge on any atom is -0.224 e. The molecule has 0 radical (unpaired) electrons. The zero-order chi connectivity index (χ0) is 14.4. The molecule has 102 valence electrons. The van der Waals surface area contributed by atoms with Gasteiger partial charge in [0, 0.05) is 6.26 Å². The molecule has 0 aliphatic rings. The summed E-state index contributed by atoms with van der Waals surface area (Å²) in [4.78, 5) is -0.259. The van der Waals surface area contributed by atoms with Gasteiger partial charge in [0.05, 0.1) is 10.5 Å². The van der Waals surface area contributed by atoms with Crippen molar-refractivity contribution in [2.24, 2.45) is 0 Å². The van der Waals surface area contributed by atoms with Gasteiger partial charge < -0.3 is 0 Å². The molecule has 1 rings (SSSR count). The van der Waals surface area contributed by atoms with E-state index in [0.29, 0.717) is 0 Å². The van der Waals surface area contributed by atoms with Crippen LogP contribution < -0.4 is 0 Å². The van der Waals surface area contributed by atoms with Gasteiger partial charge in [0.25, 0.3) is 0 Å². The van der Waals surface area contributed by atoms with E-state index in [9.17, 15) is 21.6 Å². The maximum atomic E-state index is 13.0. The molecule has 0 aliphatic heterocycles. The Morgan fingerprint density at radius 1 is 1.06 bits per heavy atom. The molecule has 0 unspecified atom stereocenters. The Kier molecular flexibility index (Phi) is 3.55. The van der Waals surface area contributed by atoms with Gasteiger partial charge in [0.1, 0.15) is 0 Å². The molecule has 0 saturated heterocycles. The van der Waals surface area contributed by atoms with Crippen LogP contribution in [0.25, 0.3) is 0 Å². The van der Waals surface area contributed by atoms with E-state index in [0.717, 1.165) is 18.4 Å². The van der Waals surface area contributed by atoms with E-state index in [-0.39, 0.29) is 10.5 Å². The molecule has 0 aliphatic carbocycles. The number of hydrogen-bond acceptors (Lipinski definition) is 2. The summed E-state index contributed by atoms with van der Waals surface area (Å²) in [7, 11) is -3.70. The van der Waals surface area contributed by atoms with Crippen LogP contribution in [-0.4, -0.2) is 14.7 Å². The summed E-state index contributed by atoms with van der Waals surface area (Å²) in [6, 6.07) is 3.24. The minimum atomic E-state index is -4.57. The van der Waals surface area contributed by atoms with Crippen molar-refractivity contribution in [3.8, 4) is 0 Å². The number of alkyl halides is 3. The largest absolute Gasteiger partial charge is 0.416 e. The highest BCUT2D eigenvalue weighted by molar-refractivity contribution is 7.90. The Morgan fingerprint density at radius 2 is 1.56 bits per heavy atom. The Hall–Kier alpha value is -1.04. The number of sulfone groups is 1. The zero-order valence-electron chi connectivity index (χ0n) is 10.6. The van der Waals surface area contributed by atoms with Crippen LogP contribution >= 0.6 is 0 Å². The quantitative estimate of drug-likeness (QED) is 0.790. The lowest BCUT2D eigenvalue weighted by molar-refractivity contribution is -0.138. The van der Waals surface area contributed by atoms with Gasteiger partial charge in [-0.05, 0) is 23.1 Å². The predicted molar refractivity (Wildman–Crippen MR) is 63.3 cm³/mol. The lowest BCUT2D eigenvalue weighted by Gasteiger charge is -2.26. The molecule has 0 saturated carbocycles. The molecule has 1 aromatic rings. The second kappa shape index (κ2) is 4.26. The van der Waals surface area contributed by atoms with E-state index in [4.69, 9.17) is 0 Å². The Morgan fingerprint density at radius 3 is 1.89 bits per heavy atom. The summed E-state index contributed by atoms with van der Waals surface area (Å²) in [5, 5.41) is 0. The average Bonchev–Trinajstić information content (AvgIpc) is 2.12. The van der Waals surface area contributed by atoms with Crippen LogP contribution in [0.5, 0.6) is 0 Å². The molecule has 0 N–H and O–H groups in total. The van der Waals surface area contributed by atoms with Crippen molar-refractivity contribution in [3.05, 3.63) is 29.3 Å². The standard InChI is InChI=1S/C12H15F3O2S/c1-11(2,3)10-8(12(13,14)15)6-5-7-9(10)18(4,16)17/h5-7H,1-4H3. The van der Waals surface area contributed by atoms with E-state index in [1.165, 1.54) is 6.07 Å². The zero-order valence-corrected chi connectivity index (χ0v) is 11.4. The fourth-order valence-electron chi connectivity index (χ4n) is 1.85. The van der Waals surface area contributed by atoms with Crippen LogP contribution in [-0.2, 0) is 21.4 Å². The van der Waals surface area contributed by atoms with Crippen molar-refractivity contribution in [1.82, 2.24) is 0 Å².